The lowest BCUT2D eigenvalue weighted by Crippen LogP contribution is -2.27. The molecule has 1 aromatic carbocycles. The molecule has 0 aromatic heterocycles. The molecule has 7 heteroatoms. The van der Waals surface area contributed by atoms with E-state index in [-0.39, 0.29) is 23.2 Å². The highest BCUT2D eigenvalue weighted by molar-refractivity contribution is 9.10. The van der Waals surface area contributed by atoms with Gasteiger partial charge in [0.25, 0.3) is 5.69 Å². The lowest BCUT2D eigenvalue weighted by Gasteiger charge is -2.13. The first-order valence-electron chi connectivity index (χ1n) is 5.21. The molecule has 18 heavy (non-hydrogen) atoms. The van der Waals surface area contributed by atoms with Crippen LogP contribution in [0.1, 0.15) is 13.8 Å². The van der Waals surface area contributed by atoms with Crippen LogP contribution in [0.4, 0.5) is 11.4 Å². The number of nitro benzene ring substituents is 1. The molecule has 0 heterocycles. The minimum Gasteiger partial charge on any atom is -0.319 e. The highest BCUT2D eigenvalue weighted by Gasteiger charge is 2.22. The smallest absolute Gasteiger partial charge is 0.292 e. The zero-order valence-corrected chi connectivity index (χ0v) is 12.2. The zero-order valence-electron chi connectivity index (χ0n) is 9.81. The predicted octanol–water partition coefficient (Wildman–Crippen LogP) is 3.61. The normalized spacial score (nSPS) is 12.3. The largest absolute Gasteiger partial charge is 0.319 e. The van der Waals surface area contributed by atoms with E-state index in [2.05, 4.69) is 21.2 Å². The molecule has 0 aliphatic carbocycles. The molecule has 1 N–H and O–H groups in total. The Hall–Kier alpha value is -1.14. The second-order valence-corrected chi connectivity index (χ2v) is 5.48. The summed E-state index contributed by atoms with van der Waals surface area (Å²) in [4.78, 5) is 21.6. The number of hydrogen-bond acceptors (Lipinski definition) is 3. The number of rotatable bonds is 4. The van der Waals surface area contributed by atoms with Crippen LogP contribution in [-0.4, -0.2) is 15.7 Å². The molecule has 1 amide bonds. The fourth-order valence-electron chi connectivity index (χ4n) is 1.27. The van der Waals surface area contributed by atoms with E-state index in [1.54, 1.807) is 0 Å². The van der Waals surface area contributed by atoms with E-state index >= 15 is 0 Å². The first kappa shape index (κ1) is 14.9. The quantitative estimate of drug-likeness (QED) is 0.519. The summed E-state index contributed by atoms with van der Waals surface area (Å²) in [6.07, 6.45) is 0. The number of nitrogens with zero attached hydrogens (tertiary/aromatic N) is 1. The van der Waals surface area contributed by atoms with E-state index in [9.17, 15) is 14.9 Å². The average molecular weight is 336 g/mol. The Morgan fingerprint density at radius 3 is 2.61 bits per heavy atom. The molecule has 0 bridgehead atoms. The van der Waals surface area contributed by atoms with Crippen LogP contribution in [0.3, 0.4) is 0 Å². The van der Waals surface area contributed by atoms with Crippen molar-refractivity contribution in [1.29, 1.82) is 0 Å². The molecule has 0 aliphatic heterocycles. The van der Waals surface area contributed by atoms with Gasteiger partial charge in [0.1, 0.15) is 5.69 Å². The van der Waals surface area contributed by atoms with E-state index in [0.717, 1.165) is 0 Å². The van der Waals surface area contributed by atoms with Crippen LogP contribution in [0.2, 0.25) is 5.02 Å². The third kappa shape index (κ3) is 3.68. The number of halogens is 2. The maximum absolute atomic E-state index is 11.8. The highest BCUT2D eigenvalue weighted by atomic mass is 79.9. The zero-order chi connectivity index (χ0) is 13.9. The Kier molecular flexibility index (Phi) is 5.10. The summed E-state index contributed by atoms with van der Waals surface area (Å²) in [5.74, 6) is -0.265. The SMILES string of the molecule is CC(C)C(Br)C(=O)Nc1cc(Cl)ccc1[N+](=O)[O-]. The Morgan fingerprint density at radius 2 is 2.11 bits per heavy atom. The van der Waals surface area contributed by atoms with Crippen LogP contribution in [-0.2, 0) is 4.79 Å². The molecule has 0 aliphatic rings. The molecule has 1 aromatic rings. The van der Waals surface area contributed by atoms with Crippen molar-refractivity contribution in [2.24, 2.45) is 5.92 Å². The molecule has 1 rings (SSSR count). The number of hydrogen-bond donors (Lipinski definition) is 1. The molecule has 5 nitrogen and oxygen atoms in total. The molecular formula is C11H12BrClN2O3. The van der Waals surface area contributed by atoms with Crippen LogP contribution in [0.25, 0.3) is 0 Å². The van der Waals surface area contributed by atoms with Crippen molar-refractivity contribution < 1.29 is 9.72 Å². The van der Waals surface area contributed by atoms with Crippen molar-refractivity contribution in [1.82, 2.24) is 0 Å². The number of benzene rings is 1. The fraction of sp³-hybridized carbons (Fsp3) is 0.364. The van der Waals surface area contributed by atoms with Gasteiger partial charge in [0.05, 0.1) is 9.75 Å². The van der Waals surface area contributed by atoms with Gasteiger partial charge in [-0.1, -0.05) is 41.4 Å². The summed E-state index contributed by atoms with van der Waals surface area (Å²) in [7, 11) is 0. The monoisotopic (exact) mass is 334 g/mol. The number of carbonyl (C=O) groups is 1. The maximum Gasteiger partial charge on any atom is 0.292 e. The van der Waals surface area contributed by atoms with Crippen LogP contribution in [0, 0.1) is 16.0 Å². The lowest BCUT2D eigenvalue weighted by molar-refractivity contribution is -0.383. The summed E-state index contributed by atoms with van der Waals surface area (Å²) in [6, 6.07) is 4.03. The van der Waals surface area contributed by atoms with E-state index in [4.69, 9.17) is 11.6 Å². The van der Waals surface area contributed by atoms with Gasteiger partial charge >= 0.3 is 0 Å². The Morgan fingerprint density at radius 1 is 1.50 bits per heavy atom. The third-order valence-corrected chi connectivity index (χ3v) is 3.96. The second-order valence-electron chi connectivity index (χ2n) is 4.05. The van der Waals surface area contributed by atoms with Gasteiger partial charge < -0.3 is 5.32 Å². The molecule has 98 valence electrons. The van der Waals surface area contributed by atoms with Crippen molar-refractivity contribution in [3.05, 3.63) is 33.3 Å². The topological polar surface area (TPSA) is 72.2 Å². The predicted molar refractivity (Wildman–Crippen MR) is 74.3 cm³/mol. The molecule has 0 saturated carbocycles. The van der Waals surface area contributed by atoms with Crippen molar-refractivity contribution in [2.45, 2.75) is 18.7 Å². The van der Waals surface area contributed by atoms with E-state index in [1.165, 1.54) is 18.2 Å². The van der Waals surface area contributed by atoms with Gasteiger partial charge in [-0.05, 0) is 18.1 Å². The van der Waals surface area contributed by atoms with Gasteiger partial charge in [0, 0.05) is 11.1 Å². The van der Waals surface area contributed by atoms with Gasteiger partial charge in [-0.3, -0.25) is 14.9 Å². The van der Waals surface area contributed by atoms with Gasteiger partial charge in [-0.15, -0.1) is 0 Å². The van der Waals surface area contributed by atoms with E-state index in [1.807, 2.05) is 13.8 Å². The van der Waals surface area contributed by atoms with Crippen LogP contribution in [0.5, 0.6) is 0 Å². The minimum atomic E-state index is -0.565. The highest BCUT2D eigenvalue weighted by Crippen LogP contribution is 2.28. The Labute approximate surface area is 118 Å². The number of amides is 1. The van der Waals surface area contributed by atoms with E-state index in [0.29, 0.717) is 5.02 Å². The molecule has 0 radical (unpaired) electrons. The standard InChI is InChI=1S/C11H12BrClN2O3/c1-6(2)10(12)11(16)14-8-5-7(13)3-4-9(8)15(17)18/h3-6,10H,1-2H3,(H,14,16). The summed E-state index contributed by atoms with van der Waals surface area (Å²) in [5, 5.41) is 13.6. The average Bonchev–Trinajstić information content (AvgIpc) is 2.27. The van der Waals surface area contributed by atoms with Crippen LogP contribution < -0.4 is 5.32 Å². The fourth-order valence-corrected chi connectivity index (χ4v) is 1.56. The Balaban J connectivity index is 2.99. The molecule has 1 unspecified atom stereocenters. The molecule has 0 fully saturated rings. The first-order valence-corrected chi connectivity index (χ1v) is 6.51. The molecule has 0 spiro atoms. The number of anilines is 1. The van der Waals surface area contributed by atoms with Crippen molar-refractivity contribution in [3.8, 4) is 0 Å². The summed E-state index contributed by atoms with van der Waals surface area (Å²) < 4.78 is 0. The van der Waals surface area contributed by atoms with Gasteiger partial charge in [-0.2, -0.15) is 0 Å². The van der Waals surface area contributed by atoms with Gasteiger partial charge in [0.15, 0.2) is 0 Å². The Bertz CT molecular complexity index is 479. The summed E-state index contributed by atoms with van der Waals surface area (Å²) >= 11 is 8.99. The number of nitrogens with one attached hydrogen (secondary N) is 1. The first-order chi connectivity index (χ1) is 8.32. The minimum absolute atomic E-state index is 0.0724. The number of carbonyl (C=O) groups excluding carboxylic acids is 1. The number of nitro groups is 1. The van der Waals surface area contributed by atoms with Crippen molar-refractivity contribution >= 4 is 44.8 Å². The summed E-state index contributed by atoms with van der Waals surface area (Å²) in [6.45, 7) is 3.73. The lowest BCUT2D eigenvalue weighted by atomic mass is 10.1. The molecule has 0 saturated heterocycles. The van der Waals surface area contributed by atoms with Crippen LogP contribution in [0.15, 0.2) is 18.2 Å². The van der Waals surface area contributed by atoms with Gasteiger partial charge in [-0.25, -0.2) is 0 Å². The third-order valence-electron chi connectivity index (χ3n) is 2.25. The maximum atomic E-state index is 11.8. The van der Waals surface area contributed by atoms with Crippen molar-refractivity contribution in [3.63, 3.8) is 0 Å². The second kappa shape index (κ2) is 6.15. The molecular weight excluding hydrogens is 323 g/mol. The van der Waals surface area contributed by atoms with Crippen LogP contribution >= 0.6 is 27.5 Å². The van der Waals surface area contributed by atoms with Crippen molar-refractivity contribution in [2.75, 3.05) is 5.32 Å². The van der Waals surface area contributed by atoms with E-state index < -0.39 is 9.75 Å². The summed E-state index contributed by atoms with van der Waals surface area (Å²) in [5.41, 5.74) is -0.0844. The molecule has 1 atom stereocenters. The number of alkyl halides is 1. The van der Waals surface area contributed by atoms with Gasteiger partial charge in [0.2, 0.25) is 5.91 Å².